The van der Waals surface area contributed by atoms with Crippen molar-refractivity contribution in [3.8, 4) is 0 Å². The van der Waals surface area contributed by atoms with Crippen molar-refractivity contribution < 1.29 is 54.7 Å². The van der Waals surface area contributed by atoms with E-state index in [9.17, 15) is 10.2 Å². The molecule has 180 valence electrons. The largest absolute Gasteiger partial charge is 0.467 e. The van der Waals surface area contributed by atoms with Gasteiger partial charge in [0.05, 0.1) is 18.7 Å². The van der Waals surface area contributed by atoms with Crippen LogP contribution in [0, 0.1) is 0 Å². The fraction of sp³-hybridized carbons (Fsp3) is 0.833. The van der Waals surface area contributed by atoms with Crippen LogP contribution in [0.4, 0.5) is 0 Å². The van der Waals surface area contributed by atoms with Crippen molar-refractivity contribution in [1.29, 1.82) is 0 Å². The molecule has 0 bridgehead atoms. The predicted molar refractivity (Wildman–Crippen MR) is 100 cm³/mol. The van der Waals surface area contributed by atoms with Gasteiger partial charge < -0.3 is 42.6 Å². The van der Waals surface area contributed by atoms with Gasteiger partial charge in [-0.3, -0.25) is 18.2 Å². The molecule has 1 aliphatic carbocycles. The van der Waals surface area contributed by atoms with Gasteiger partial charge in [-0.15, -0.1) is 0 Å². The molecule has 0 radical (unpaired) electrons. The SMILES string of the molecule is NCC1=CCC(N)C(OC2C(N)CC(N)C(O)C2O)O1.O=S(=O)(O)O.O=S(=O)(O)O. The van der Waals surface area contributed by atoms with Crippen molar-refractivity contribution in [2.75, 3.05) is 6.54 Å². The Balaban J connectivity index is 0.000000702. The minimum absolute atomic E-state index is 0.249. The smallest absolute Gasteiger partial charge is 0.394 e. The lowest BCUT2D eigenvalue weighted by atomic mass is 9.84. The van der Waals surface area contributed by atoms with Crippen molar-refractivity contribution in [2.45, 2.75) is 55.6 Å². The summed E-state index contributed by atoms with van der Waals surface area (Å²) in [4.78, 5) is 0. The Morgan fingerprint density at radius 2 is 1.40 bits per heavy atom. The Morgan fingerprint density at radius 3 is 1.83 bits per heavy atom. The molecule has 1 aliphatic heterocycles. The summed E-state index contributed by atoms with van der Waals surface area (Å²) in [6.07, 6.45) is -1.04. The van der Waals surface area contributed by atoms with Crippen LogP contribution >= 0.6 is 0 Å². The van der Waals surface area contributed by atoms with E-state index in [1.165, 1.54) is 0 Å². The van der Waals surface area contributed by atoms with Gasteiger partial charge in [-0.1, -0.05) is 0 Å². The third-order valence-electron chi connectivity index (χ3n) is 3.82. The van der Waals surface area contributed by atoms with Gasteiger partial charge in [-0.25, -0.2) is 0 Å². The molecule has 7 unspecified atom stereocenters. The van der Waals surface area contributed by atoms with E-state index in [1.807, 2.05) is 6.08 Å². The lowest BCUT2D eigenvalue weighted by molar-refractivity contribution is -0.216. The van der Waals surface area contributed by atoms with Crippen LogP contribution < -0.4 is 22.9 Å². The molecule has 0 aromatic heterocycles. The van der Waals surface area contributed by atoms with E-state index < -0.39 is 57.5 Å². The summed E-state index contributed by atoms with van der Waals surface area (Å²) in [7, 11) is -9.33. The maximum Gasteiger partial charge on any atom is 0.394 e. The zero-order valence-corrected chi connectivity index (χ0v) is 17.1. The Morgan fingerprint density at radius 1 is 0.933 bits per heavy atom. The highest BCUT2D eigenvalue weighted by Crippen LogP contribution is 2.25. The molecule has 1 fully saturated rings. The first-order chi connectivity index (χ1) is 13.4. The average molecular weight is 485 g/mol. The third-order valence-corrected chi connectivity index (χ3v) is 3.82. The summed E-state index contributed by atoms with van der Waals surface area (Å²) in [6.45, 7) is 0.249. The predicted octanol–water partition coefficient (Wildman–Crippen LogP) is -4.24. The van der Waals surface area contributed by atoms with Crippen LogP contribution in [0.3, 0.4) is 0 Å². The molecule has 0 amide bonds. The van der Waals surface area contributed by atoms with E-state index >= 15 is 0 Å². The molecule has 30 heavy (non-hydrogen) atoms. The molecule has 18 heteroatoms. The van der Waals surface area contributed by atoms with Crippen LogP contribution in [0.2, 0.25) is 0 Å². The number of hydrogen-bond donors (Lipinski definition) is 10. The van der Waals surface area contributed by atoms with Crippen molar-refractivity contribution in [2.24, 2.45) is 22.9 Å². The summed E-state index contributed by atoms with van der Waals surface area (Å²) in [6, 6.07) is -1.44. The molecule has 16 nitrogen and oxygen atoms in total. The standard InChI is InChI=1S/C12H24N4O4.2H2O4S/c13-4-5-1-2-6(14)12(19-5)20-11-8(16)3-7(15)9(17)10(11)18;2*1-5(2,3)4/h1,6-12,17-18H,2-4,13-16H2;2*(H2,1,2,3,4). The van der Waals surface area contributed by atoms with Crippen LogP contribution in [0.15, 0.2) is 11.8 Å². The first-order valence-electron chi connectivity index (χ1n) is 8.17. The van der Waals surface area contributed by atoms with E-state index in [4.69, 9.17) is 67.5 Å². The molecule has 0 aromatic carbocycles. The lowest BCUT2D eigenvalue weighted by Gasteiger charge is -2.42. The van der Waals surface area contributed by atoms with E-state index in [2.05, 4.69) is 0 Å². The Labute approximate surface area is 173 Å². The Bertz CT molecular complexity index is 715. The third kappa shape index (κ3) is 12.6. The number of hydrogen-bond acceptors (Lipinski definition) is 12. The van der Waals surface area contributed by atoms with Gasteiger partial charge >= 0.3 is 20.8 Å². The fourth-order valence-corrected chi connectivity index (χ4v) is 2.55. The molecule has 0 spiro atoms. The highest BCUT2D eigenvalue weighted by Gasteiger charge is 2.43. The van der Waals surface area contributed by atoms with Gasteiger partial charge in [0.2, 0.25) is 6.29 Å². The molecular formula is C12H28N4O12S2. The Hall–Kier alpha value is -1.00. The van der Waals surface area contributed by atoms with E-state index in [0.29, 0.717) is 18.6 Å². The summed E-state index contributed by atoms with van der Waals surface area (Å²) in [5.74, 6) is 0.591. The van der Waals surface area contributed by atoms with Gasteiger partial charge in [0.1, 0.15) is 18.0 Å². The molecule has 14 N–H and O–H groups in total. The molecular weight excluding hydrogens is 456 g/mol. The highest BCUT2D eigenvalue weighted by atomic mass is 32.3. The monoisotopic (exact) mass is 484 g/mol. The van der Waals surface area contributed by atoms with Crippen LogP contribution in [-0.4, -0.2) is 94.5 Å². The van der Waals surface area contributed by atoms with Gasteiger partial charge in [-0.2, -0.15) is 16.8 Å². The zero-order chi connectivity index (χ0) is 23.9. The minimum Gasteiger partial charge on any atom is -0.467 e. The molecule has 0 aromatic rings. The fourth-order valence-electron chi connectivity index (χ4n) is 2.55. The van der Waals surface area contributed by atoms with Crippen molar-refractivity contribution in [1.82, 2.24) is 0 Å². The molecule has 1 heterocycles. The molecule has 7 atom stereocenters. The number of rotatable bonds is 3. The zero-order valence-electron chi connectivity index (χ0n) is 15.5. The van der Waals surface area contributed by atoms with Gasteiger partial charge in [0.15, 0.2) is 0 Å². The summed E-state index contributed by atoms with van der Waals surface area (Å²) < 4.78 is 74.4. The second-order valence-electron chi connectivity index (χ2n) is 6.30. The molecule has 1 saturated carbocycles. The average Bonchev–Trinajstić information content (AvgIpc) is 2.55. The van der Waals surface area contributed by atoms with E-state index in [0.717, 1.165) is 0 Å². The summed E-state index contributed by atoms with van der Waals surface area (Å²) in [5, 5.41) is 19.9. The maximum atomic E-state index is 10.0. The van der Waals surface area contributed by atoms with Crippen LogP contribution in [0.1, 0.15) is 12.8 Å². The lowest BCUT2D eigenvalue weighted by Crippen LogP contribution is -2.63. The maximum absolute atomic E-state index is 10.0. The second kappa shape index (κ2) is 12.1. The van der Waals surface area contributed by atoms with Crippen molar-refractivity contribution in [3.05, 3.63) is 11.8 Å². The first-order valence-corrected chi connectivity index (χ1v) is 11.0. The quantitative estimate of drug-likeness (QED) is 0.169. The van der Waals surface area contributed by atoms with Crippen LogP contribution in [0.25, 0.3) is 0 Å². The normalized spacial score (nSPS) is 34.3. The van der Waals surface area contributed by atoms with Gasteiger partial charge in [0.25, 0.3) is 0 Å². The highest BCUT2D eigenvalue weighted by molar-refractivity contribution is 7.80. The molecule has 2 aliphatic rings. The van der Waals surface area contributed by atoms with Gasteiger partial charge in [-0.05, 0) is 18.9 Å². The topological polar surface area (TPSA) is 312 Å². The van der Waals surface area contributed by atoms with Crippen LogP contribution in [-0.2, 0) is 30.3 Å². The first kappa shape index (κ1) is 29.0. The van der Waals surface area contributed by atoms with Crippen molar-refractivity contribution in [3.63, 3.8) is 0 Å². The number of ether oxygens (including phenoxy) is 2. The number of nitrogens with two attached hydrogens (primary N) is 4. The van der Waals surface area contributed by atoms with Crippen LogP contribution in [0.5, 0.6) is 0 Å². The minimum atomic E-state index is -4.67. The Kier molecular flexibility index (Phi) is 11.7. The number of aliphatic hydroxyl groups is 2. The summed E-state index contributed by atoms with van der Waals surface area (Å²) in [5.41, 5.74) is 23.1. The molecule has 0 saturated heterocycles. The second-order valence-corrected chi connectivity index (χ2v) is 8.09. The summed E-state index contributed by atoms with van der Waals surface area (Å²) >= 11 is 0. The molecule has 2 rings (SSSR count). The van der Waals surface area contributed by atoms with Gasteiger partial charge in [0, 0.05) is 12.1 Å². The number of aliphatic hydroxyl groups excluding tert-OH is 2. The van der Waals surface area contributed by atoms with Crippen molar-refractivity contribution >= 4 is 20.8 Å². The van der Waals surface area contributed by atoms with E-state index in [1.54, 1.807) is 0 Å². The van der Waals surface area contributed by atoms with E-state index in [-0.39, 0.29) is 12.6 Å².